The van der Waals surface area contributed by atoms with Crippen LogP contribution in [0.2, 0.25) is 0 Å². The van der Waals surface area contributed by atoms with Crippen LogP contribution >= 0.6 is 0 Å². The maximum atomic E-state index is 10.6. The zero-order chi connectivity index (χ0) is 13.9. The van der Waals surface area contributed by atoms with Crippen molar-refractivity contribution in [1.29, 1.82) is 0 Å². The van der Waals surface area contributed by atoms with Crippen LogP contribution in [0.5, 0.6) is 0 Å². The van der Waals surface area contributed by atoms with Crippen molar-refractivity contribution >= 4 is 5.97 Å². The molecule has 0 aromatic rings. The fourth-order valence-corrected chi connectivity index (χ4v) is 3.19. The largest absolute Gasteiger partial charge is 0.481 e. The van der Waals surface area contributed by atoms with Crippen molar-refractivity contribution in [1.82, 2.24) is 4.90 Å². The molecule has 0 aliphatic carbocycles. The first-order chi connectivity index (χ1) is 9.02. The van der Waals surface area contributed by atoms with Gasteiger partial charge in [-0.1, -0.05) is 6.92 Å². The van der Waals surface area contributed by atoms with E-state index in [1.807, 2.05) is 6.92 Å². The van der Waals surface area contributed by atoms with Gasteiger partial charge in [-0.15, -0.1) is 0 Å². The Labute approximate surface area is 114 Å². The van der Waals surface area contributed by atoms with Gasteiger partial charge >= 0.3 is 5.97 Å². The molecule has 2 rings (SSSR count). The van der Waals surface area contributed by atoms with Gasteiger partial charge in [0, 0.05) is 18.9 Å². The van der Waals surface area contributed by atoms with E-state index in [-0.39, 0.29) is 12.5 Å². The van der Waals surface area contributed by atoms with Gasteiger partial charge in [0.15, 0.2) is 5.79 Å². The molecule has 0 aromatic carbocycles. The summed E-state index contributed by atoms with van der Waals surface area (Å²) in [6.07, 6.45) is 3.94. The minimum atomic E-state index is -0.773. The van der Waals surface area contributed by atoms with E-state index in [9.17, 15) is 4.79 Å². The van der Waals surface area contributed by atoms with E-state index in [2.05, 4.69) is 11.8 Å². The minimum Gasteiger partial charge on any atom is -0.481 e. The number of rotatable bonds is 6. The van der Waals surface area contributed by atoms with E-state index in [1.54, 1.807) is 0 Å². The van der Waals surface area contributed by atoms with Crippen LogP contribution in [0.3, 0.4) is 0 Å². The number of hydrogen-bond donors (Lipinski definition) is 1. The molecule has 0 aromatic heterocycles. The molecule has 2 heterocycles. The molecule has 2 aliphatic rings. The number of ether oxygens (including phenoxy) is 2. The highest BCUT2D eigenvalue weighted by Crippen LogP contribution is 2.33. The van der Waals surface area contributed by atoms with Gasteiger partial charge in [-0.25, -0.2) is 0 Å². The van der Waals surface area contributed by atoms with Crippen LogP contribution in [0.4, 0.5) is 0 Å². The predicted molar refractivity (Wildman–Crippen MR) is 71.0 cm³/mol. The van der Waals surface area contributed by atoms with Gasteiger partial charge in [0.1, 0.15) is 0 Å². The molecule has 1 N–H and O–H groups in total. The lowest BCUT2D eigenvalue weighted by molar-refractivity contribution is -0.168. The Morgan fingerprint density at radius 1 is 1.53 bits per heavy atom. The van der Waals surface area contributed by atoms with Gasteiger partial charge in [0.25, 0.3) is 0 Å². The molecule has 5 nitrogen and oxygen atoms in total. The molecule has 2 fully saturated rings. The van der Waals surface area contributed by atoms with Crippen molar-refractivity contribution in [2.75, 3.05) is 19.7 Å². The average molecular weight is 271 g/mol. The summed E-state index contributed by atoms with van der Waals surface area (Å²) in [6.45, 7) is 6.93. The maximum absolute atomic E-state index is 10.6. The molecular weight excluding hydrogens is 246 g/mol. The van der Waals surface area contributed by atoms with Gasteiger partial charge in [0.2, 0.25) is 0 Å². The zero-order valence-corrected chi connectivity index (χ0v) is 11.9. The van der Waals surface area contributed by atoms with Gasteiger partial charge in [-0.3, -0.25) is 4.79 Å². The summed E-state index contributed by atoms with van der Waals surface area (Å²) in [6, 6.07) is 0.535. The second kappa shape index (κ2) is 6.20. The molecule has 0 spiro atoms. The molecule has 3 unspecified atom stereocenters. The van der Waals surface area contributed by atoms with Crippen molar-refractivity contribution in [3.05, 3.63) is 0 Å². The third-order valence-corrected chi connectivity index (χ3v) is 4.18. The van der Waals surface area contributed by atoms with E-state index in [0.717, 1.165) is 13.0 Å². The highest BCUT2D eigenvalue weighted by atomic mass is 16.7. The SMILES string of the molecule is CCN1CCCC1CC1(C)OCC(CCC(=O)O)O1. The lowest BCUT2D eigenvalue weighted by Gasteiger charge is -2.31. The second-order valence-corrected chi connectivity index (χ2v) is 5.75. The van der Waals surface area contributed by atoms with E-state index in [0.29, 0.717) is 19.1 Å². The third kappa shape index (κ3) is 3.91. The minimum absolute atomic E-state index is 0.0717. The van der Waals surface area contributed by atoms with E-state index >= 15 is 0 Å². The summed E-state index contributed by atoms with van der Waals surface area (Å²) in [4.78, 5) is 13.0. The highest BCUT2D eigenvalue weighted by molar-refractivity contribution is 5.66. The number of nitrogens with zero attached hydrogens (tertiary/aromatic N) is 1. The van der Waals surface area contributed by atoms with Gasteiger partial charge in [-0.05, 0) is 39.3 Å². The molecule has 19 heavy (non-hydrogen) atoms. The van der Waals surface area contributed by atoms with Gasteiger partial charge in [0.05, 0.1) is 12.7 Å². The fraction of sp³-hybridized carbons (Fsp3) is 0.929. The topological polar surface area (TPSA) is 59.0 Å². The average Bonchev–Trinajstić information content (AvgIpc) is 2.94. The van der Waals surface area contributed by atoms with E-state index < -0.39 is 11.8 Å². The van der Waals surface area contributed by atoms with Crippen molar-refractivity contribution in [2.24, 2.45) is 0 Å². The molecule has 2 aliphatic heterocycles. The van der Waals surface area contributed by atoms with Crippen LogP contribution in [-0.2, 0) is 14.3 Å². The molecule has 0 bridgehead atoms. The fourth-order valence-electron chi connectivity index (χ4n) is 3.19. The van der Waals surface area contributed by atoms with Crippen molar-refractivity contribution in [3.63, 3.8) is 0 Å². The monoisotopic (exact) mass is 271 g/mol. The summed E-state index contributed by atoms with van der Waals surface area (Å²) < 4.78 is 11.7. The van der Waals surface area contributed by atoms with Crippen molar-refractivity contribution in [3.8, 4) is 0 Å². The second-order valence-electron chi connectivity index (χ2n) is 5.75. The predicted octanol–water partition coefficient (Wildman–Crippen LogP) is 1.86. The Balaban J connectivity index is 1.81. The van der Waals surface area contributed by atoms with Crippen molar-refractivity contribution in [2.45, 2.75) is 63.9 Å². The smallest absolute Gasteiger partial charge is 0.303 e. The molecule has 0 amide bonds. The first-order valence-corrected chi connectivity index (χ1v) is 7.30. The Morgan fingerprint density at radius 2 is 2.32 bits per heavy atom. The van der Waals surface area contributed by atoms with Crippen LogP contribution in [0, 0.1) is 0 Å². The summed E-state index contributed by atoms with van der Waals surface area (Å²) in [5, 5.41) is 8.70. The summed E-state index contributed by atoms with van der Waals surface area (Å²) in [7, 11) is 0. The zero-order valence-electron chi connectivity index (χ0n) is 11.9. The maximum Gasteiger partial charge on any atom is 0.303 e. The standard InChI is InChI=1S/C14H25NO4/c1-3-15-8-4-5-11(15)9-14(2)18-10-12(19-14)6-7-13(16)17/h11-12H,3-10H2,1-2H3,(H,16,17). The van der Waals surface area contributed by atoms with Gasteiger partial charge < -0.3 is 19.5 Å². The van der Waals surface area contributed by atoms with Crippen LogP contribution in [-0.4, -0.2) is 53.6 Å². The highest BCUT2D eigenvalue weighted by Gasteiger charge is 2.41. The Hall–Kier alpha value is -0.650. The molecule has 110 valence electrons. The summed E-state index contributed by atoms with van der Waals surface area (Å²) >= 11 is 0. The molecule has 0 radical (unpaired) electrons. The number of hydrogen-bond acceptors (Lipinski definition) is 4. The van der Waals surface area contributed by atoms with Crippen LogP contribution in [0.1, 0.15) is 46.0 Å². The number of carboxylic acids is 1. The van der Waals surface area contributed by atoms with Crippen LogP contribution < -0.4 is 0 Å². The van der Waals surface area contributed by atoms with E-state index in [1.165, 1.54) is 19.4 Å². The number of carboxylic acid groups (broad SMARTS) is 1. The first-order valence-electron chi connectivity index (χ1n) is 7.30. The number of carbonyl (C=O) groups is 1. The van der Waals surface area contributed by atoms with Crippen LogP contribution in [0.25, 0.3) is 0 Å². The molecular formula is C14H25NO4. The molecule has 0 saturated carbocycles. The summed E-state index contributed by atoms with van der Waals surface area (Å²) in [5.41, 5.74) is 0. The molecule has 2 saturated heterocycles. The summed E-state index contributed by atoms with van der Waals surface area (Å²) in [5.74, 6) is -1.31. The molecule has 5 heteroatoms. The Kier molecular flexibility index (Phi) is 4.81. The third-order valence-electron chi connectivity index (χ3n) is 4.18. The lowest BCUT2D eigenvalue weighted by atomic mass is 10.1. The van der Waals surface area contributed by atoms with Crippen molar-refractivity contribution < 1.29 is 19.4 Å². The van der Waals surface area contributed by atoms with Crippen LogP contribution in [0.15, 0.2) is 0 Å². The van der Waals surface area contributed by atoms with Gasteiger partial charge in [-0.2, -0.15) is 0 Å². The van der Waals surface area contributed by atoms with E-state index in [4.69, 9.17) is 14.6 Å². The lowest BCUT2D eigenvalue weighted by Crippen LogP contribution is -2.38. The first kappa shape index (κ1) is 14.8. The molecule has 3 atom stereocenters. The quantitative estimate of drug-likeness (QED) is 0.799. The Morgan fingerprint density at radius 3 is 3.00 bits per heavy atom. The normalized spacial score (nSPS) is 35.9. The number of likely N-dealkylation sites (tertiary alicyclic amines) is 1. The number of aliphatic carboxylic acids is 1. The Bertz CT molecular complexity index is 323.